The van der Waals surface area contributed by atoms with Gasteiger partial charge in [0.15, 0.2) is 5.96 Å². The number of carbonyl (C=O) groups excluding carboxylic acids is 1. The van der Waals surface area contributed by atoms with Crippen LogP contribution in [0.1, 0.15) is 46.1 Å². The fourth-order valence-electron chi connectivity index (χ4n) is 3.35. The number of likely N-dealkylation sites (tertiary alicyclic amines) is 1. The molecule has 170 valence electrons. The van der Waals surface area contributed by atoms with Crippen molar-refractivity contribution in [1.82, 2.24) is 20.9 Å². The molecule has 8 heteroatoms. The monoisotopic (exact) mass is 549 g/mol. The Morgan fingerprint density at radius 1 is 1.13 bits per heavy atom. The first-order valence-corrected chi connectivity index (χ1v) is 11.0. The molecule has 0 unspecified atom stereocenters. The van der Waals surface area contributed by atoms with Gasteiger partial charge in [-0.2, -0.15) is 0 Å². The smallest absolute Gasteiger partial charge is 0.227 e. The van der Waals surface area contributed by atoms with Crippen LogP contribution in [0.25, 0.3) is 0 Å². The molecule has 1 aromatic rings. The summed E-state index contributed by atoms with van der Waals surface area (Å²) in [7, 11) is 0. The molecular weight excluding hydrogens is 513 g/mol. The third-order valence-electron chi connectivity index (χ3n) is 5.18. The summed E-state index contributed by atoms with van der Waals surface area (Å²) >= 11 is 5.97. The van der Waals surface area contributed by atoms with Crippen molar-refractivity contribution in [1.29, 1.82) is 0 Å². The van der Waals surface area contributed by atoms with Crippen molar-refractivity contribution < 1.29 is 4.79 Å². The minimum absolute atomic E-state index is 0. The minimum Gasteiger partial charge on any atom is -0.357 e. The summed E-state index contributed by atoms with van der Waals surface area (Å²) < 4.78 is 0. The quantitative estimate of drug-likeness (QED) is 0.263. The van der Waals surface area contributed by atoms with E-state index in [0.717, 1.165) is 50.0 Å². The summed E-state index contributed by atoms with van der Waals surface area (Å²) in [5, 5.41) is 10.5. The molecule has 3 N–H and O–H groups in total. The largest absolute Gasteiger partial charge is 0.357 e. The zero-order valence-corrected chi connectivity index (χ0v) is 21.7. The lowest BCUT2D eigenvalue weighted by molar-refractivity contribution is -0.128. The first kappa shape index (κ1) is 27.0. The fourth-order valence-corrected chi connectivity index (χ4v) is 3.47. The van der Waals surface area contributed by atoms with Gasteiger partial charge in [0.25, 0.3) is 0 Å². The van der Waals surface area contributed by atoms with Crippen LogP contribution in [0.4, 0.5) is 0 Å². The number of amides is 1. The van der Waals surface area contributed by atoms with Gasteiger partial charge in [0.2, 0.25) is 5.91 Å². The van der Waals surface area contributed by atoms with E-state index in [2.05, 4.69) is 44.9 Å². The average molecular weight is 550 g/mol. The van der Waals surface area contributed by atoms with Gasteiger partial charge in [-0.1, -0.05) is 23.7 Å². The zero-order chi connectivity index (χ0) is 21.3. The van der Waals surface area contributed by atoms with Crippen molar-refractivity contribution in [3.8, 4) is 0 Å². The van der Waals surface area contributed by atoms with Gasteiger partial charge in [-0.15, -0.1) is 24.0 Å². The number of guanidine groups is 1. The summed E-state index contributed by atoms with van der Waals surface area (Å²) in [4.78, 5) is 19.4. The van der Waals surface area contributed by atoms with Gasteiger partial charge in [-0.3, -0.25) is 14.7 Å². The van der Waals surface area contributed by atoms with Gasteiger partial charge in [0.1, 0.15) is 0 Å². The lowest BCUT2D eigenvalue weighted by atomic mass is 9.92. The maximum Gasteiger partial charge on any atom is 0.227 e. The number of hydrogen-bond acceptors (Lipinski definition) is 3. The maximum absolute atomic E-state index is 12.2. The molecule has 1 aliphatic rings. The Morgan fingerprint density at radius 2 is 1.73 bits per heavy atom. The van der Waals surface area contributed by atoms with Crippen LogP contribution in [0.2, 0.25) is 5.02 Å². The van der Waals surface area contributed by atoms with Crippen LogP contribution >= 0.6 is 35.6 Å². The van der Waals surface area contributed by atoms with Crippen LogP contribution in [-0.2, 0) is 11.3 Å². The third-order valence-corrected chi connectivity index (χ3v) is 5.43. The van der Waals surface area contributed by atoms with E-state index in [4.69, 9.17) is 11.6 Å². The number of benzene rings is 1. The second-order valence-electron chi connectivity index (χ2n) is 8.26. The number of nitrogens with one attached hydrogen (secondary N) is 3. The number of nitrogens with zero attached hydrogens (tertiary/aromatic N) is 2. The summed E-state index contributed by atoms with van der Waals surface area (Å²) in [6.07, 6.45) is 2.13. The normalized spacial score (nSPS) is 16.0. The van der Waals surface area contributed by atoms with Crippen LogP contribution in [0.3, 0.4) is 0 Å². The molecule has 0 bridgehead atoms. The molecule has 0 aromatic heterocycles. The van der Waals surface area contributed by atoms with E-state index in [0.29, 0.717) is 19.1 Å². The van der Waals surface area contributed by atoms with E-state index in [-0.39, 0.29) is 29.9 Å². The predicted octanol–water partition coefficient (Wildman–Crippen LogP) is 3.64. The van der Waals surface area contributed by atoms with Crippen molar-refractivity contribution in [2.75, 3.05) is 32.7 Å². The Hall–Kier alpha value is -1.06. The van der Waals surface area contributed by atoms with E-state index in [1.54, 1.807) is 0 Å². The first-order valence-electron chi connectivity index (χ1n) is 10.6. The van der Waals surface area contributed by atoms with Gasteiger partial charge in [-0.25, -0.2) is 0 Å². The molecule has 0 saturated carbocycles. The maximum atomic E-state index is 12.2. The highest BCUT2D eigenvalue weighted by Crippen LogP contribution is 2.17. The molecule has 30 heavy (non-hydrogen) atoms. The van der Waals surface area contributed by atoms with Crippen molar-refractivity contribution in [2.24, 2.45) is 10.4 Å². The van der Waals surface area contributed by atoms with Crippen LogP contribution in [0.15, 0.2) is 29.3 Å². The highest BCUT2D eigenvalue weighted by Gasteiger charge is 2.27. The number of rotatable bonds is 8. The number of halogens is 2. The topological polar surface area (TPSA) is 68.8 Å². The molecule has 1 heterocycles. The van der Waals surface area contributed by atoms with Crippen molar-refractivity contribution >= 4 is 47.4 Å². The van der Waals surface area contributed by atoms with E-state index in [1.807, 2.05) is 32.9 Å². The van der Waals surface area contributed by atoms with E-state index in [9.17, 15) is 4.79 Å². The molecule has 0 spiro atoms. The zero-order valence-electron chi connectivity index (χ0n) is 18.6. The fraction of sp³-hybridized carbons (Fsp3) is 0.636. The lowest BCUT2D eigenvalue weighted by Gasteiger charge is -2.33. The highest BCUT2D eigenvalue weighted by atomic mass is 127. The average Bonchev–Trinajstić information content (AvgIpc) is 2.70. The number of carbonyl (C=O) groups is 1. The Bertz CT molecular complexity index is 673. The summed E-state index contributed by atoms with van der Waals surface area (Å²) in [6.45, 7) is 12.8. The Morgan fingerprint density at radius 3 is 2.30 bits per heavy atom. The summed E-state index contributed by atoms with van der Waals surface area (Å²) in [6, 6.07) is 8.49. The molecular formula is C22H37ClIN5O. The number of hydrogen-bond donors (Lipinski definition) is 3. The third kappa shape index (κ3) is 8.98. The Balaban J connectivity index is 0.00000450. The molecule has 0 aliphatic carbocycles. The van der Waals surface area contributed by atoms with Gasteiger partial charge in [0.05, 0.1) is 12.0 Å². The van der Waals surface area contributed by atoms with E-state index in [1.165, 1.54) is 5.56 Å². The summed E-state index contributed by atoms with van der Waals surface area (Å²) in [5.74, 6) is 0.830. The molecule has 0 atom stereocenters. The second-order valence-corrected chi connectivity index (χ2v) is 8.70. The van der Waals surface area contributed by atoms with Crippen LogP contribution in [-0.4, -0.2) is 55.5 Å². The molecule has 2 rings (SSSR count). The molecule has 6 nitrogen and oxygen atoms in total. The number of aliphatic imine (C=N–C) groups is 1. The molecule has 0 radical (unpaired) electrons. The summed E-state index contributed by atoms with van der Waals surface area (Å²) in [5.41, 5.74) is 0.767. The van der Waals surface area contributed by atoms with E-state index >= 15 is 0 Å². The van der Waals surface area contributed by atoms with Crippen molar-refractivity contribution in [3.63, 3.8) is 0 Å². The van der Waals surface area contributed by atoms with E-state index < -0.39 is 5.41 Å². The van der Waals surface area contributed by atoms with Gasteiger partial charge < -0.3 is 16.0 Å². The molecule has 1 saturated heterocycles. The Kier molecular flexibility index (Phi) is 12.0. The van der Waals surface area contributed by atoms with Gasteiger partial charge in [0, 0.05) is 43.8 Å². The SMILES string of the molecule is CCNC(=O)C(C)(C)CN=C(NCC)NC1CCN(Cc2ccc(Cl)cc2)CC1.I. The lowest BCUT2D eigenvalue weighted by Crippen LogP contribution is -2.49. The standard InChI is InChI=1S/C22H36ClN5O.HI/c1-5-24-20(29)22(3,4)16-26-21(25-6-2)27-19-11-13-28(14-12-19)15-17-7-9-18(23)10-8-17;/h7-10,19H,5-6,11-16H2,1-4H3,(H,24,29)(H2,25,26,27);1H. The second kappa shape index (κ2) is 13.4. The van der Waals surface area contributed by atoms with Gasteiger partial charge in [-0.05, 0) is 58.2 Å². The van der Waals surface area contributed by atoms with Gasteiger partial charge >= 0.3 is 0 Å². The first-order chi connectivity index (χ1) is 13.8. The minimum atomic E-state index is -0.527. The molecule has 1 amide bonds. The van der Waals surface area contributed by atoms with Crippen molar-refractivity contribution in [3.05, 3.63) is 34.9 Å². The number of piperidine rings is 1. The van der Waals surface area contributed by atoms with Crippen molar-refractivity contribution in [2.45, 2.75) is 53.1 Å². The highest BCUT2D eigenvalue weighted by molar-refractivity contribution is 14.0. The molecule has 1 aliphatic heterocycles. The molecule has 1 aromatic carbocycles. The van der Waals surface area contributed by atoms with Crippen LogP contribution in [0.5, 0.6) is 0 Å². The Labute approximate surface area is 203 Å². The predicted molar refractivity (Wildman–Crippen MR) is 137 cm³/mol. The molecule has 1 fully saturated rings. The van der Waals surface area contributed by atoms with Crippen LogP contribution < -0.4 is 16.0 Å². The van der Waals surface area contributed by atoms with Crippen LogP contribution in [0, 0.1) is 5.41 Å².